The van der Waals surface area contributed by atoms with E-state index in [-0.39, 0.29) is 5.91 Å². The molecule has 1 aromatic heterocycles. The maximum absolute atomic E-state index is 12.0. The average molecular weight is 390 g/mol. The van der Waals surface area contributed by atoms with Gasteiger partial charge in [-0.2, -0.15) is 0 Å². The molecule has 1 aliphatic rings. The number of carbonyl (C=O) groups excluding carboxylic acids is 1. The molecule has 0 spiro atoms. The Hall–Kier alpha value is -2.15. The highest BCUT2D eigenvalue weighted by Gasteiger charge is 2.13. The molecule has 1 aromatic carbocycles. The minimum absolute atomic E-state index is 0.0847. The van der Waals surface area contributed by atoms with E-state index in [1.807, 2.05) is 18.2 Å². The monoisotopic (exact) mass is 389 g/mol. The summed E-state index contributed by atoms with van der Waals surface area (Å²) in [5, 5.41) is 6.12. The molecule has 0 saturated carbocycles. The third kappa shape index (κ3) is 4.44. The van der Waals surface area contributed by atoms with Gasteiger partial charge >= 0.3 is 0 Å². The van der Waals surface area contributed by atoms with Gasteiger partial charge in [0.15, 0.2) is 0 Å². The van der Waals surface area contributed by atoms with Crippen LogP contribution in [0.3, 0.4) is 0 Å². The molecule has 1 fully saturated rings. The highest BCUT2D eigenvalue weighted by atomic mass is 79.9. The van der Waals surface area contributed by atoms with Gasteiger partial charge in [0, 0.05) is 42.3 Å². The number of hydrogen-bond donors (Lipinski definition) is 2. The van der Waals surface area contributed by atoms with Crippen LogP contribution in [0.25, 0.3) is 0 Å². The van der Waals surface area contributed by atoms with Gasteiger partial charge in [-0.15, -0.1) is 0 Å². The first kappa shape index (κ1) is 16.7. The number of halogens is 1. The van der Waals surface area contributed by atoms with Gasteiger partial charge in [0.1, 0.15) is 18.0 Å². The summed E-state index contributed by atoms with van der Waals surface area (Å²) in [7, 11) is 0. The number of hydrogen-bond acceptors (Lipinski definition) is 5. The van der Waals surface area contributed by atoms with Crippen molar-refractivity contribution in [2.75, 3.05) is 36.4 Å². The summed E-state index contributed by atoms with van der Waals surface area (Å²) in [6.07, 6.45) is 4.01. The van der Waals surface area contributed by atoms with Gasteiger partial charge in [-0.1, -0.05) is 22.0 Å². The van der Waals surface area contributed by atoms with Crippen molar-refractivity contribution in [3.8, 4) is 0 Å². The highest BCUT2D eigenvalue weighted by molar-refractivity contribution is 9.10. The number of nitrogens with one attached hydrogen (secondary N) is 2. The van der Waals surface area contributed by atoms with Crippen molar-refractivity contribution in [2.24, 2.45) is 0 Å². The van der Waals surface area contributed by atoms with Gasteiger partial charge < -0.3 is 15.5 Å². The quantitative estimate of drug-likeness (QED) is 0.743. The number of anilines is 2. The lowest BCUT2D eigenvalue weighted by Crippen LogP contribution is -2.29. The van der Waals surface area contributed by atoms with Gasteiger partial charge in [-0.25, -0.2) is 9.97 Å². The Bertz CT molecular complexity index is 703. The van der Waals surface area contributed by atoms with E-state index in [0.29, 0.717) is 18.7 Å². The molecule has 2 aromatic rings. The van der Waals surface area contributed by atoms with Crippen LogP contribution in [0, 0.1) is 0 Å². The molecule has 0 radical (unpaired) electrons. The first-order valence-corrected chi connectivity index (χ1v) is 8.86. The van der Waals surface area contributed by atoms with Crippen molar-refractivity contribution in [1.29, 1.82) is 0 Å². The number of carbonyl (C=O) groups is 1. The molecular weight excluding hydrogens is 370 g/mol. The Kier molecular flexibility index (Phi) is 5.63. The minimum atomic E-state index is -0.0847. The number of amides is 1. The van der Waals surface area contributed by atoms with Gasteiger partial charge in [-0.3, -0.25) is 4.79 Å². The van der Waals surface area contributed by atoms with E-state index in [9.17, 15) is 4.79 Å². The average Bonchev–Trinajstić information content (AvgIpc) is 3.13. The van der Waals surface area contributed by atoms with E-state index in [2.05, 4.69) is 41.4 Å². The van der Waals surface area contributed by atoms with Crippen molar-refractivity contribution < 1.29 is 4.79 Å². The first-order valence-electron chi connectivity index (χ1n) is 8.07. The summed E-state index contributed by atoms with van der Waals surface area (Å²) < 4.78 is 0.892. The van der Waals surface area contributed by atoms with E-state index in [1.165, 1.54) is 12.8 Å². The number of aromatic nitrogens is 2. The van der Waals surface area contributed by atoms with Crippen LogP contribution in [-0.2, 0) is 0 Å². The van der Waals surface area contributed by atoms with Crippen molar-refractivity contribution in [3.63, 3.8) is 0 Å². The Balaban J connectivity index is 1.46. The van der Waals surface area contributed by atoms with Crippen LogP contribution >= 0.6 is 15.9 Å². The summed E-state index contributed by atoms with van der Waals surface area (Å²) in [6, 6.07) is 9.29. The minimum Gasteiger partial charge on any atom is -0.368 e. The molecule has 0 atom stereocenters. The van der Waals surface area contributed by atoms with Crippen LogP contribution < -0.4 is 15.5 Å². The zero-order valence-electron chi connectivity index (χ0n) is 13.3. The lowest BCUT2D eigenvalue weighted by atomic mass is 10.2. The van der Waals surface area contributed by atoms with Crippen LogP contribution in [0.2, 0.25) is 0 Å². The Morgan fingerprint density at radius 1 is 1.17 bits per heavy atom. The largest absolute Gasteiger partial charge is 0.368 e. The molecule has 1 saturated heterocycles. The molecule has 0 unspecified atom stereocenters. The van der Waals surface area contributed by atoms with Crippen LogP contribution in [0.4, 0.5) is 11.6 Å². The van der Waals surface area contributed by atoms with Crippen molar-refractivity contribution >= 4 is 33.5 Å². The molecule has 2 N–H and O–H groups in total. The van der Waals surface area contributed by atoms with E-state index in [0.717, 1.165) is 29.2 Å². The maximum Gasteiger partial charge on any atom is 0.251 e. The molecule has 6 nitrogen and oxygen atoms in total. The molecule has 7 heteroatoms. The zero-order valence-corrected chi connectivity index (χ0v) is 14.9. The second-order valence-corrected chi connectivity index (χ2v) is 6.56. The summed E-state index contributed by atoms with van der Waals surface area (Å²) >= 11 is 3.37. The molecule has 24 heavy (non-hydrogen) atoms. The fraction of sp³-hybridized carbons (Fsp3) is 0.353. The Morgan fingerprint density at radius 3 is 2.79 bits per heavy atom. The second-order valence-electron chi connectivity index (χ2n) is 5.65. The van der Waals surface area contributed by atoms with E-state index >= 15 is 0 Å². The second kappa shape index (κ2) is 8.10. The van der Waals surface area contributed by atoms with Crippen LogP contribution in [-0.4, -0.2) is 42.1 Å². The van der Waals surface area contributed by atoms with Gasteiger partial charge in [0.05, 0.1) is 0 Å². The van der Waals surface area contributed by atoms with E-state index in [1.54, 1.807) is 18.5 Å². The highest BCUT2D eigenvalue weighted by Crippen LogP contribution is 2.19. The zero-order chi connectivity index (χ0) is 16.8. The smallest absolute Gasteiger partial charge is 0.251 e. The predicted octanol–water partition coefficient (Wildman–Crippen LogP) is 2.68. The molecule has 2 heterocycles. The molecule has 0 aliphatic carbocycles. The van der Waals surface area contributed by atoms with Crippen molar-refractivity contribution in [2.45, 2.75) is 12.8 Å². The van der Waals surface area contributed by atoms with Gasteiger partial charge in [-0.05, 0) is 31.0 Å². The predicted molar refractivity (Wildman–Crippen MR) is 98.4 cm³/mol. The standard InChI is InChI=1S/C17H20BrN5O/c18-14-5-3-4-13(10-14)17(24)20-7-6-19-15-11-16(22-12-21-15)23-8-1-2-9-23/h3-5,10-12H,1-2,6-9H2,(H,20,24)(H,19,21,22). The molecule has 1 aliphatic heterocycles. The number of benzene rings is 1. The summed E-state index contributed by atoms with van der Waals surface area (Å²) in [5.74, 6) is 1.66. The van der Waals surface area contributed by atoms with Crippen LogP contribution in [0.15, 0.2) is 41.1 Å². The molecular formula is C17H20BrN5O. The number of rotatable bonds is 6. The van der Waals surface area contributed by atoms with Gasteiger partial charge in [0.2, 0.25) is 0 Å². The first-order chi connectivity index (χ1) is 11.7. The van der Waals surface area contributed by atoms with Crippen LogP contribution in [0.1, 0.15) is 23.2 Å². The summed E-state index contributed by atoms with van der Waals surface area (Å²) in [4.78, 5) is 22.9. The third-order valence-corrected chi connectivity index (χ3v) is 4.38. The fourth-order valence-electron chi connectivity index (χ4n) is 2.66. The van der Waals surface area contributed by atoms with E-state index in [4.69, 9.17) is 0 Å². The van der Waals surface area contributed by atoms with Crippen molar-refractivity contribution in [1.82, 2.24) is 15.3 Å². The topological polar surface area (TPSA) is 70.2 Å². The Labute approximate surface area is 149 Å². The van der Waals surface area contributed by atoms with E-state index < -0.39 is 0 Å². The molecule has 0 bridgehead atoms. The number of nitrogens with zero attached hydrogens (tertiary/aromatic N) is 3. The lowest BCUT2D eigenvalue weighted by molar-refractivity contribution is 0.0955. The summed E-state index contributed by atoms with van der Waals surface area (Å²) in [5.41, 5.74) is 0.641. The summed E-state index contributed by atoms with van der Waals surface area (Å²) in [6.45, 7) is 3.24. The molecule has 126 valence electrons. The fourth-order valence-corrected chi connectivity index (χ4v) is 3.06. The maximum atomic E-state index is 12.0. The SMILES string of the molecule is O=C(NCCNc1cc(N2CCCC2)ncn1)c1cccc(Br)c1. The molecule has 1 amide bonds. The Morgan fingerprint density at radius 2 is 2.00 bits per heavy atom. The lowest BCUT2D eigenvalue weighted by Gasteiger charge is -2.16. The third-order valence-electron chi connectivity index (χ3n) is 3.89. The van der Waals surface area contributed by atoms with Crippen LogP contribution in [0.5, 0.6) is 0 Å². The van der Waals surface area contributed by atoms with Crippen molar-refractivity contribution in [3.05, 3.63) is 46.7 Å². The van der Waals surface area contributed by atoms with Gasteiger partial charge in [0.25, 0.3) is 5.91 Å². The molecule has 3 rings (SSSR count). The normalized spacial score (nSPS) is 13.8.